The van der Waals surface area contributed by atoms with Crippen LogP contribution in [0.15, 0.2) is 0 Å². The maximum absolute atomic E-state index is 11.4. The van der Waals surface area contributed by atoms with Crippen molar-refractivity contribution in [3.8, 4) is 12.0 Å². The molecule has 1 aliphatic heterocycles. The molecule has 3 amide bonds. The molecular weight excluding hydrogens is 156 g/mol. The molecule has 1 heterocycles. The molecule has 0 saturated carbocycles. The van der Waals surface area contributed by atoms with Crippen molar-refractivity contribution in [3.05, 3.63) is 0 Å². The topological polar surface area (TPSA) is 49.4 Å². The molecule has 1 saturated heterocycles. The van der Waals surface area contributed by atoms with Crippen LogP contribution in [0.4, 0.5) is 4.79 Å². The fourth-order valence-corrected chi connectivity index (χ4v) is 0.962. The number of amides is 3. The van der Waals surface area contributed by atoms with Gasteiger partial charge in [-0.1, -0.05) is 5.92 Å². The van der Waals surface area contributed by atoms with Gasteiger partial charge in [-0.05, 0) is 20.8 Å². The number of nitrogens with zero attached hydrogens (tertiary/aromatic N) is 1. The van der Waals surface area contributed by atoms with Crippen LogP contribution in [0.5, 0.6) is 0 Å². The highest BCUT2D eigenvalue weighted by Gasteiger charge is 2.43. The minimum Gasteiger partial charge on any atom is -0.323 e. The lowest BCUT2D eigenvalue weighted by Gasteiger charge is -2.12. The lowest BCUT2D eigenvalue weighted by atomic mass is 10.1. The number of imide groups is 1. The molecule has 0 aromatic heterocycles. The Morgan fingerprint density at radius 2 is 2.00 bits per heavy atom. The van der Waals surface area contributed by atoms with Gasteiger partial charge >= 0.3 is 6.03 Å². The van der Waals surface area contributed by atoms with Gasteiger partial charge < -0.3 is 5.32 Å². The number of hydrogen-bond acceptors (Lipinski definition) is 2. The fourth-order valence-electron chi connectivity index (χ4n) is 0.962. The highest BCUT2D eigenvalue weighted by molar-refractivity contribution is 6.08. The van der Waals surface area contributed by atoms with E-state index in [2.05, 4.69) is 17.3 Å². The van der Waals surface area contributed by atoms with Gasteiger partial charge in [-0.25, -0.2) is 4.79 Å². The van der Waals surface area contributed by atoms with Crippen molar-refractivity contribution in [2.45, 2.75) is 26.3 Å². The highest BCUT2D eigenvalue weighted by atomic mass is 16.2. The quantitative estimate of drug-likeness (QED) is 0.415. The van der Waals surface area contributed by atoms with Gasteiger partial charge in [0.1, 0.15) is 5.54 Å². The zero-order chi connectivity index (χ0) is 9.35. The summed E-state index contributed by atoms with van der Waals surface area (Å²) in [4.78, 5) is 23.4. The first-order valence-corrected chi connectivity index (χ1v) is 3.58. The molecule has 0 atom stereocenters. The largest absolute Gasteiger partial charge is 0.337 e. The minimum absolute atomic E-state index is 0.304. The molecule has 1 N–H and O–H groups in total. The summed E-state index contributed by atoms with van der Waals surface area (Å²) >= 11 is 0. The van der Waals surface area contributed by atoms with Crippen LogP contribution < -0.4 is 5.32 Å². The summed E-state index contributed by atoms with van der Waals surface area (Å²) in [7, 11) is 0. The summed E-state index contributed by atoms with van der Waals surface area (Å²) in [6, 6.07) is 1.98. The standard InChI is InChI=1S/C8H10N2O2/c1-4-5-10-6(11)8(2,3)9-7(10)12/h1-3H3,(H,9,12). The molecule has 1 aliphatic rings. The molecule has 4 heteroatoms. The Bertz CT molecular complexity index is 296. The molecule has 1 rings (SSSR count). The van der Waals surface area contributed by atoms with Crippen molar-refractivity contribution < 1.29 is 9.59 Å². The molecule has 12 heavy (non-hydrogen) atoms. The number of rotatable bonds is 0. The van der Waals surface area contributed by atoms with Crippen molar-refractivity contribution in [2.75, 3.05) is 0 Å². The summed E-state index contributed by atoms with van der Waals surface area (Å²) in [6.45, 7) is 4.86. The molecule has 0 radical (unpaired) electrons. The summed E-state index contributed by atoms with van der Waals surface area (Å²) in [5.41, 5.74) is -0.819. The van der Waals surface area contributed by atoms with Crippen molar-refractivity contribution in [1.29, 1.82) is 0 Å². The zero-order valence-corrected chi connectivity index (χ0v) is 7.26. The molecule has 0 aromatic rings. The van der Waals surface area contributed by atoms with Crippen LogP contribution in [-0.2, 0) is 4.79 Å². The predicted octanol–water partition coefficient (Wildman–Crippen LogP) is 0.298. The predicted molar refractivity (Wildman–Crippen MR) is 42.9 cm³/mol. The van der Waals surface area contributed by atoms with E-state index in [1.165, 1.54) is 0 Å². The minimum atomic E-state index is -0.819. The highest BCUT2D eigenvalue weighted by Crippen LogP contribution is 2.14. The number of urea groups is 1. The summed E-state index contributed by atoms with van der Waals surface area (Å²) < 4.78 is 0. The number of carbonyl (C=O) groups is 2. The molecule has 0 aromatic carbocycles. The Labute approximate surface area is 70.9 Å². The number of nitrogens with one attached hydrogen (secondary N) is 1. The second-order valence-corrected chi connectivity index (χ2v) is 3.06. The van der Waals surface area contributed by atoms with Gasteiger partial charge in [-0.3, -0.25) is 4.79 Å². The van der Waals surface area contributed by atoms with Gasteiger partial charge in [-0.15, -0.1) is 0 Å². The zero-order valence-electron chi connectivity index (χ0n) is 7.26. The van der Waals surface area contributed by atoms with Crippen LogP contribution in [0, 0.1) is 12.0 Å². The van der Waals surface area contributed by atoms with Gasteiger partial charge in [0.15, 0.2) is 0 Å². The molecule has 64 valence electrons. The first-order chi connectivity index (χ1) is 5.49. The van der Waals surface area contributed by atoms with Crippen LogP contribution in [0.25, 0.3) is 0 Å². The van der Waals surface area contributed by atoms with Crippen molar-refractivity contribution in [2.24, 2.45) is 0 Å². The summed E-state index contributed by atoms with van der Waals surface area (Å²) in [6.07, 6.45) is 0. The van der Waals surface area contributed by atoms with E-state index in [9.17, 15) is 9.59 Å². The maximum atomic E-state index is 11.4. The second-order valence-electron chi connectivity index (χ2n) is 3.06. The second kappa shape index (κ2) is 2.52. The van der Waals surface area contributed by atoms with E-state index >= 15 is 0 Å². The third-order valence-corrected chi connectivity index (χ3v) is 1.58. The SMILES string of the molecule is CC#CN1C(=O)NC(C)(C)C1=O. The lowest BCUT2D eigenvalue weighted by Crippen LogP contribution is -2.39. The fraction of sp³-hybridized carbons (Fsp3) is 0.500. The summed E-state index contributed by atoms with van der Waals surface area (Å²) in [5.74, 6) is 2.20. The van der Waals surface area contributed by atoms with E-state index < -0.39 is 11.6 Å². The average Bonchev–Trinajstić information content (AvgIpc) is 2.13. The number of carbonyl (C=O) groups excluding carboxylic acids is 2. The van der Waals surface area contributed by atoms with Gasteiger partial charge in [-0.2, -0.15) is 4.90 Å². The Morgan fingerprint density at radius 3 is 2.33 bits per heavy atom. The molecule has 0 spiro atoms. The van der Waals surface area contributed by atoms with E-state index in [1.54, 1.807) is 20.8 Å². The lowest BCUT2D eigenvalue weighted by molar-refractivity contribution is -0.127. The van der Waals surface area contributed by atoms with Crippen LogP contribution in [0.2, 0.25) is 0 Å². The molecule has 0 bridgehead atoms. The van der Waals surface area contributed by atoms with E-state index in [4.69, 9.17) is 0 Å². The molecule has 4 nitrogen and oxygen atoms in total. The summed E-state index contributed by atoms with van der Waals surface area (Å²) in [5, 5.41) is 2.51. The van der Waals surface area contributed by atoms with Crippen LogP contribution in [0.1, 0.15) is 20.8 Å². The smallest absolute Gasteiger partial charge is 0.323 e. The van der Waals surface area contributed by atoms with Crippen LogP contribution >= 0.6 is 0 Å². The first-order valence-electron chi connectivity index (χ1n) is 3.58. The third kappa shape index (κ3) is 1.14. The molecule has 0 unspecified atom stereocenters. The van der Waals surface area contributed by atoms with Crippen molar-refractivity contribution in [1.82, 2.24) is 10.2 Å². The van der Waals surface area contributed by atoms with Crippen molar-refractivity contribution >= 4 is 11.9 Å². The maximum Gasteiger partial charge on any atom is 0.337 e. The van der Waals surface area contributed by atoms with Crippen LogP contribution in [-0.4, -0.2) is 22.4 Å². The third-order valence-electron chi connectivity index (χ3n) is 1.58. The molecular formula is C8H10N2O2. The van der Waals surface area contributed by atoms with Crippen LogP contribution in [0.3, 0.4) is 0 Å². The Hall–Kier alpha value is -1.50. The first kappa shape index (κ1) is 8.60. The van der Waals surface area contributed by atoms with E-state index in [-0.39, 0.29) is 5.91 Å². The Morgan fingerprint density at radius 1 is 1.42 bits per heavy atom. The van der Waals surface area contributed by atoms with Gasteiger partial charge in [0.05, 0.1) is 0 Å². The van der Waals surface area contributed by atoms with Gasteiger partial charge in [0.2, 0.25) is 0 Å². The van der Waals surface area contributed by atoms with Gasteiger partial charge in [0.25, 0.3) is 5.91 Å². The Balaban J connectivity index is 2.98. The normalized spacial score (nSPS) is 20.1. The van der Waals surface area contributed by atoms with E-state index in [0.29, 0.717) is 0 Å². The molecule has 0 aliphatic carbocycles. The Kier molecular flexibility index (Phi) is 1.81. The average molecular weight is 166 g/mol. The van der Waals surface area contributed by atoms with E-state index in [0.717, 1.165) is 4.90 Å². The van der Waals surface area contributed by atoms with Crippen molar-refractivity contribution in [3.63, 3.8) is 0 Å². The van der Waals surface area contributed by atoms with E-state index in [1.807, 2.05) is 0 Å². The monoisotopic (exact) mass is 166 g/mol. The van der Waals surface area contributed by atoms with Gasteiger partial charge in [0, 0.05) is 6.04 Å². The molecule has 1 fully saturated rings. The number of hydrogen-bond donors (Lipinski definition) is 1.